The van der Waals surface area contributed by atoms with Gasteiger partial charge in [0.05, 0.1) is 11.5 Å². The minimum atomic E-state index is -3.00. The summed E-state index contributed by atoms with van der Waals surface area (Å²) in [4.78, 5) is 25.4. The molecule has 0 radical (unpaired) electrons. The van der Waals surface area contributed by atoms with Crippen molar-refractivity contribution in [3.8, 4) is 0 Å². The molecule has 1 heterocycles. The molecule has 0 spiro atoms. The summed E-state index contributed by atoms with van der Waals surface area (Å²) in [5.41, 5.74) is 0. The van der Waals surface area contributed by atoms with E-state index in [2.05, 4.69) is 10.6 Å². The predicted octanol–water partition coefficient (Wildman–Crippen LogP) is 0.654. The second-order valence-corrected chi connectivity index (χ2v) is 8.78. The van der Waals surface area contributed by atoms with Crippen LogP contribution >= 0.6 is 0 Å². The van der Waals surface area contributed by atoms with Crippen molar-refractivity contribution in [3.05, 3.63) is 0 Å². The third-order valence-corrected chi connectivity index (χ3v) is 6.46. The molecule has 2 rings (SSSR count). The van der Waals surface area contributed by atoms with Crippen molar-refractivity contribution in [1.29, 1.82) is 0 Å². The van der Waals surface area contributed by atoms with Gasteiger partial charge in [-0.1, -0.05) is 19.3 Å². The third kappa shape index (κ3) is 5.67. The Kier molecular flexibility index (Phi) is 6.26. The molecule has 1 aliphatic heterocycles. The Hall–Kier alpha value is -1.31. The lowest BCUT2D eigenvalue weighted by Crippen LogP contribution is -2.44. The molecule has 8 heteroatoms. The zero-order valence-electron chi connectivity index (χ0n) is 13.7. The summed E-state index contributed by atoms with van der Waals surface area (Å²) in [6, 6.07) is -0.217. The van der Waals surface area contributed by atoms with Gasteiger partial charge in [-0.2, -0.15) is 0 Å². The van der Waals surface area contributed by atoms with E-state index < -0.39 is 9.84 Å². The number of hydrogen-bond donors (Lipinski definition) is 2. The monoisotopic (exact) mass is 345 g/mol. The molecule has 2 aliphatic rings. The molecule has 1 saturated carbocycles. The van der Waals surface area contributed by atoms with Crippen LogP contribution in [0.25, 0.3) is 0 Å². The Morgan fingerprint density at radius 3 is 2.43 bits per heavy atom. The fourth-order valence-corrected chi connectivity index (χ4v) is 5.00. The first-order valence-corrected chi connectivity index (χ1v) is 10.2. The van der Waals surface area contributed by atoms with E-state index in [0.717, 1.165) is 25.7 Å². The van der Waals surface area contributed by atoms with Crippen LogP contribution in [0, 0.1) is 0 Å². The molecule has 1 atom stereocenters. The molecular formula is C15H27N3O4S. The Morgan fingerprint density at radius 2 is 1.83 bits per heavy atom. The highest BCUT2D eigenvalue weighted by Crippen LogP contribution is 2.18. The Bertz CT molecular complexity index is 529. The summed E-state index contributed by atoms with van der Waals surface area (Å²) in [5.74, 6) is 0.0624. The number of sulfone groups is 1. The van der Waals surface area contributed by atoms with Gasteiger partial charge in [0.15, 0.2) is 9.84 Å². The molecule has 1 aliphatic carbocycles. The summed E-state index contributed by atoms with van der Waals surface area (Å²) < 4.78 is 22.9. The summed E-state index contributed by atoms with van der Waals surface area (Å²) in [7, 11) is -1.36. The van der Waals surface area contributed by atoms with Crippen LogP contribution in [0.2, 0.25) is 0 Å². The van der Waals surface area contributed by atoms with Gasteiger partial charge < -0.3 is 15.5 Å². The van der Waals surface area contributed by atoms with E-state index in [1.165, 1.54) is 11.3 Å². The normalized spacial score (nSPS) is 24.1. The molecule has 0 aromatic rings. The van der Waals surface area contributed by atoms with E-state index in [1.54, 1.807) is 7.05 Å². The van der Waals surface area contributed by atoms with Crippen molar-refractivity contribution in [2.75, 3.05) is 25.1 Å². The lowest BCUT2D eigenvalue weighted by atomic mass is 9.96. The van der Waals surface area contributed by atoms with E-state index >= 15 is 0 Å². The van der Waals surface area contributed by atoms with Crippen molar-refractivity contribution < 1.29 is 18.0 Å². The Balaban J connectivity index is 1.65. The van der Waals surface area contributed by atoms with Crippen LogP contribution in [0.15, 0.2) is 0 Å². The zero-order valence-corrected chi connectivity index (χ0v) is 14.5. The number of nitrogens with zero attached hydrogens (tertiary/aromatic N) is 1. The molecule has 132 valence electrons. The molecule has 0 bridgehead atoms. The van der Waals surface area contributed by atoms with Crippen molar-refractivity contribution in [2.24, 2.45) is 0 Å². The van der Waals surface area contributed by atoms with E-state index in [9.17, 15) is 18.0 Å². The molecule has 0 aromatic carbocycles. The maximum absolute atomic E-state index is 12.1. The third-order valence-electron chi connectivity index (χ3n) is 4.71. The van der Waals surface area contributed by atoms with Gasteiger partial charge in [-0.3, -0.25) is 4.79 Å². The van der Waals surface area contributed by atoms with Gasteiger partial charge in [0.25, 0.3) is 0 Å². The van der Waals surface area contributed by atoms with Gasteiger partial charge in [0, 0.05) is 32.1 Å². The number of carbonyl (C=O) groups excluding carboxylic acids is 2. The fourth-order valence-electron chi connectivity index (χ4n) is 3.23. The number of carbonyl (C=O) groups is 2. The maximum atomic E-state index is 12.1. The second kappa shape index (κ2) is 7.99. The number of hydrogen-bond acceptors (Lipinski definition) is 4. The molecular weight excluding hydrogens is 318 g/mol. The van der Waals surface area contributed by atoms with Gasteiger partial charge in [0.1, 0.15) is 0 Å². The number of amides is 3. The van der Waals surface area contributed by atoms with Crippen molar-refractivity contribution >= 4 is 21.8 Å². The van der Waals surface area contributed by atoms with Gasteiger partial charge in [-0.25, -0.2) is 13.2 Å². The highest BCUT2D eigenvalue weighted by atomic mass is 32.2. The molecule has 3 amide bonds. The van der Waals surface area contributed by atoms with E-state index in [4.69, 9.17) is 0 Å². The van der Waals surface area contributed by atoms with Crippen LogP contribution in [0.1, 0.15) is 44.9 Å². The standard InChI is InChI=1S/C15H27N3O4S/c1-18(13-8-10-23(21,22)11-13)14(19)7-9-16-15(20)17-12-5-3-2-4-6-12/h12-13H,2-11H2,1H3,(H2,16,17,20). The number of nitrogens with one attached hydrogen (secondary N) is 2. The van der Waals surface area contributed by atoms with Gasteiger partial charge in [-0.15, -0.1) is 0 Å². The van der Waals surface area contributed by atoms with E-state index in [-0.39, 0.29) is 48.5 Å². The van der Waals surface area contributed by atoms with Crippen LogP contribution < -0.4 is 10.6 Å². The second-order valence-electron chi connectivity index (χ2n) is 6.55. The maximum Gasteiger partial charge on any atom is 0.315 e. The number of rotatable bonds is 5. The minimum absolute atomic E-state index is 0.0465. The molecule has 1 saturated heterocycles. The summed E-state index contributed by atoms with van der Waals surface area (Å²) in [5, 5.41) is 5.64. The van der Waals surface area contributed by atoms with Crippen LogP contribution in [0.5, 0.6) is 0 Å². The topological polar surface area (TPSA) is 95.6 Å². The lowest BCUT2D eigenvalue weighted by Gasteiger charge is -2.24. The van der Waals surface area contributed by atoms with E-state index in [0.29, 0.717) is 6.42 Å². The largest absolute Gasteiger partial charge is 0.342 e. The van der Waals surface area contributed by atoms with Crippen LogP contribution in [0.4, 0.5) is 4.79 Å². The highest BCUT2D eigenvalue weighted by molar-refractivity contribution is 7.91. The van der Waals surface area contributed by atoms with Crippen LogP contribution in [-0.4, -0.2) is 62.4 Å². The summed E-state index contributed by atoms with van der Waals surface area (Å²) >= 11 is 0. The van der Waals surface area contributed by atoms with Crippen molar-refractivity contribution in [1.82, 2.24) is 15.5 Å². The smallest absolute Gasteiger partial charge is 0.315 e. The SMILES string of the molecule is CN(C(=O)CCNC(=O)NC1CCCCC1)C1CCS(=O)(=O)C1. The van der Waals surface area contributed by atoms with Crippen molar-refractivity contribution in [2.45, 2.75) is 57.0 Å². The number of urea groups is 1. The predicted molar refractivity (Wildman–Crippen MR) is 87.9 cm³/mol. The van der Waals surface area contributed by atoms with Crippen LogP contribution in [-0.2, 0) is 14.6 Å². The molecule has 23 heavy (non-hydrogen) atoms. The van der Waals surface area contributed by atoms with Gasteiger partial charge >= 0.3 is 6.03 Å². The Morgan fingerprint density at radius 1 is 1.13 bits per heavy atom. The first-order chi connectivity index (χ1) is 10.9. The first kappa shape index (κ1) is 18.0. The first-order valence-electron chi connectivity index (χ1n) is 8.38. The Labute approximate surface area is 138 Å². The van der Waals surface area contributed by atoms with E-state index in [1.807, 2.05) is 0 Å². The van der Waals surface area contributed by atoms with Gasteiger partial charge in [-0.05, 0) is 19.3 Å². The minimum Gasteiger partial charge on any atom is -0.342 e. The average Bonchev–Trinajstić information content (AvgIpc) is 2.87. The average molecular weight is 345 g/mol. The van der Waals surface area contributed by atoms with Gasteiger partial charge in [0.2, 0.25) is 5.91 Å². The lowest BCUT2D eigenvalue weighted by molar-refractivity contribution is -0.131. The van der Waals surface area contributed by atoms with Crippen molar-refractivity contribution in [3.63, 3.8) is 0 Å². The molecule has 2 N–H and O–H groups in total. The molecule has 2 fully saturated rings. The summed E-state index contributed by atoms with van der Waals surface area (Å²) in [6.45, 7) is 0.265. The molecule has 0 aromatic heterocycles. The zero-order chi connectivity index (χ0) is 16.9. The highest BCUT2D eigenvalue weighted by Gasteiger charge is 2.32. The fraction of sp³-hybridized carbons (Fsp3) is 0.867. The van der Waals surface area contributed by atoms with Crippen LogP contribution in [0.3, 0.4) is 0 Å². The summed E-state index contributed by atoms with van der Waals surface area (Å²) in [6.07, 6.45) is 6.26. The quantitative estimate of drug-likeness (QED) is 0.765. The molecule has 7 nitrogen and oxygen atoms in total. The molecule has 1 unspecified atom stereocenters.